The smallest absolute Gasteiger partial charge is 0.249 e. The van der Waals surface area contributed by atoms with E-state index in [2.05, 4.69) is 4.99 Å². The molecular formula is C23H36N2O9S. The number of hydrogen-bond acceptors (Lipinski definition) is 11. The van der Waals surface area contributed by atoms with Gasteiger partial charge in [-0.05, 0) is 20.3 Å². The summed E-state index contributed by atoms with van der Waals surface area (Å²) in [5.41, 5.74) is 0. The third-order valence-electron chi connectivity index (χ3n) is 4.96. The van der Waals surface area contributed by atoms with Crippen LogP contribution in [0.25, 0.3) is 0 Å². The van der Waals surface area contributed by atoms with Crippen molar-refractivity contribution in [1.29, 1.82) is 0 Å². The highest BCUT2D eigenvalue weighted by Crippen LogP contribution is 2.26. The molecule has 1 N–H and O–H groups in total. The second-order valence-electron chi connectivity index (χ2n) is 8.15. The summed E-state index contributed by atoms with van der Waals surface area (Å²) in [5, 5.41) is 8.81. The number of rotatable bonds is 18. The second-order valence-corrected chi connectivity index (χ2v) is 9.46. The minimum absolute atomic E-state index is 0.0471. The summed E-state index contributed by atoms with van der Waals surface area (Å²) >= 11 is 1.18. The number of aliphatic imine (C=N–C) groups is 1. The number of nitrogens with zero attached hydrogens (tertiary/aromatic N) is 2. The maximum Gasteiger partial charge on any atom is 0.249 e. The van der Waals surface area contributed by atoms with Crippen LogP contribution in [0.1, 0.15) is 52.9 Å². The molecule has 0 aromatic heterocycles. The number of thioether (sulfide) groups is 1. The molecular weight excluding hydrogens is 480 g/mol. The van der Waals surface area contributed by atoms with E-state index in [-0.39, 0.29) is 37.7 Å². The lowest BCUT2D eigenvalue weighted by Crippen LogP contribution is -2.40. The molecule has 12 heteroatoms. The highest BCUT2D eigenvalue weighted by molar-refractivity contribution is 8.00. The third kappa shape index (κ3) is 10.7. The highest BCUT2D eigenvalue weighted by Gasteiger charge is 2.42. The molecule has 0 radical (unpaired) electrons. The first kappa shape index (κ1) is 31.0. The Balaban J connectivity index is 2.53. The molecule has 0 aliphatic carbocycles. The van der Waals surface area contributed by atoms with Gasteiger partial charge in [0.2, 0.25) is 17.7 Å². The van der Waals surface area contributed by atoms with E-state index in [1.807, 2.05) is 6.92 Å². The number of ether oxygens (including phenoxy) is 3. The average Bonchev–Trinajstić information content (AvgIpc) is 3.09. The summed E-state index contributed by atoms with van der Waals surface area (Å²) in [6.45, 7) is 4.81. The number of imide groups is 3. The van der Waals surface area contributed by atoms with Crippen molar-refractivity contribution in [3.63, 3.8) is 0 Å². The molecule has 35 heavy (non-hydrogen) atoms. The summed E-state index contributed by atoms with van der Waals surface area (Å²) in [4.78, 5) is 64.7. The Labute approximate surface area is 209 Å². The first-order valence-corrected chi connectivity index (χ1v) is 12.7. The predicted molar refractivity (Wildman–Crippen MR) is 129 cm³/mol. The van der Waals surface area contributed by atoms with Gasteiger partial charge in [0.15, 0.2) is 18.4 Å². The predicted octanol–water partition coefficient (Wildman–Crippen LogP) is 0.936. The van der Waals surface area contributed by atoms with Crippen LogP contribution in [0.4, 0.5) is 0 Å². The first-order valence-electron chi connectivity index (χ1n) is 11.6. The Kier molecular flexibility index (Phi) is 14.8. The van der Waals surface area contributed by atoms with E-state index in [0.29, 0.717) is 18.5 Å². The summed E-state index contributed by atoms with van der Waals surface area (Å²) in [6.07, 6.45) is 0.197. The van der Waals surface area contributed by atoms with Gasteiger partial charge in [-0.15, -0.1) is 11.8 Å². The molecule has 1 rings (SSSR count). The molecule has 11 nitrogen and oxygen atoms in total. The van der Waals surface area contributed by atoms with Gasteiger partial charge < -0.3 is 24.1 Å². The molecule has 0 spiro atoms. The number of methoxy groups -OCH3 is 1. The van der Waals surface area contributed by atoms with Gasteiger partial charge in [-0.2, -0.15) is 0 Å². The van der Waals surface area contributed by atoms with Gasteiger partial charge in [-0.1, -0.05) is 13.3 Å². The van der Waals surface area contributed by atoms with Gasteiger partial charge >= 0.3 is 0 Å². The maximum absolute atomic E-state index is 12.4. The number of carbonyl (C=O) groups excluding carboxylic acids is 5. The van der Waals surface area contributed by atoms with E-state index in [0.717, 1.165) is 11.3 Å². The molecule has 1 aliphatic heterocycles. The lowest BCUT2D eigenvalue weighted by atomic mass is 10.2. The minimum Gasteiger partial charge on any atom is -0.394 e. The Hall–Kier alpha value is -1.99. The quantitative estimate of drug-likeness (QED) is 0.121. The largest absolute Gasteiger partial charge is 0.394 e. The topological polar surface area (TPSA) is 149 Å². The van der Waals surface area contributed by atoms with Crippen LogP contribution >= 0.6 is 11.8 Å². The molecule has 0 saturated carbocycles. The van der Waals surface area contributed by atoms with Crippen molar-refractivity contribution in [1.82, 2.24) is 4.90 Å². The Morgan fingerprint density at radius 1 is 1.26 bits per heavy atom. The van der Waals surface area contributed by atoms with Crippen LogP contribution in [0.2, 0.25) is 0 Å². The number of aliphatic hydroxyl groups excluding tert-OH is 1. The standard InChI is InChI=1S/C23H36N2O9S/c1-5-6-7-20(29)25-21(30)10-19(23(25)31)35-9-8-16(28)11-24-12-22(33-15(2)3)34-18(14-27)17(13-26)32-4/h12-13,15,17-19,22,27H,5-11,14H2,1-4H3/t17?,18-,19?,22-/m0/s1. The maximum atomic E-state index is 12.4. The van der Waals surface area contributed by atoms with Gasteiger partial charge in [0.05, 0.1) is 30.7 Å². The number of amides is 3. The fourth-order valence-electron chi connectivity index (χ4n) is 3.13. The van der Waals surface area contributed by atoms with E-state index >= 15 is 0 Å². The third-order valence-corrected chi connectivity index (χ3v) is 6.17. The van der Waals surface area contributed by atoms with Crippen LogP contribution in [-0.4, -0.2) is 102 Å². The fraction of sp³-hybridized carbons (Fsp3) is 0.739. The summed E-state index contributed by atoms with van der Waals surface area (Å²) in [6, 6.07) is 0. The van der Waals surface area contributed by atoms with Crippen molar-refractivity contribution >= 4 is 47.8 Å². The molecule has 198 valence electrons. The number of unbranched alkanes of at least 4 members (excludes halogenated alkanes) is 1. The van der Waals surface area contributed by atoms with Crippen LogP contribution in [0, 0.1) is 0 Å². The van der Waals surface area contributed by atoms with E-state index in [9.17, 15) is 29.1 Å². The molecule has 1 saturated heterocycles. The minimum atomic E-state index is -1.01. The first-order chi connectivity index (χ1) is 16.7. The highest BCUT2D eigenvalue weighted by atomic mass is 32.2. The number of hydrogen-bond donors (Lipinski definition) is 1. The van der Waals surface area contributed by atoms with Gasteiger partial charge in [-0.3, -0.25) is 24.2 Å². The SMILES string of the molecule is CCCCC(=O)N1C(=O)CC(SCCC(=O)CN=C[C@@H](OC(C)C)O[C@@H](CO)C(C=O)OC)C1=O. The van der Waals surface area contributed by atoms with Crippen LogP contribution in [-0.2, 0) is 38.2 Å². The van der Waals surface area contributed by atoms with Gasteiger partial charge in [0.1, 0.15) is 12.2 Å². The fourth-order valence-corrected chi connectivity index (χ4v) is 4.27. The van der Waals surface area contributed by atoms with Gasteiger partial charge in [0, 0.05) is 32.1 Å². The number of carbonyl (C=O) groups is 5. The average molecular weight is 517 g/mol. The number of aliphatic hydroxyl groups is 1. The van der Waals surface area contributed by atoms with E-state index in [1.165, 1.54) is 25.1 Å². The normalized spacial score (nSPS) is 18.9. The van der Waals surface area contributed by atoms with Crippen molar-refractivity contribution in [2.45, 2.75) is 82.7 Å². The Morgan fingerprint density at radius 2 is 1.97 bits per heavy atom. The van der Waals surface area contributed by atoms with Crippen molar-refractivity contribution in [3.8, 4) is 0 Å². The number of likely N-dealkylation sites (tertiary alicyclic amines) is 1. The van der Waals surface area contributed by atoms with E-state index < -0.39 is 48.1 Å². The van der Waals surface area contributed by atoms with Crippen LogP contribution in [0.5, 0.6) is 0 Å². The monoisotopic (exact) mass is 516 g/mol. The molecule has 4 atom stereocenters. The number of aldehydes is 1. The number of ketones is 1. The number of Topliss-reactive ketones (excluding diaryl/α,β-unsaturated/α-hetero) is 1. The summed E-state index contributed by atoms with van der Waals surface area (Å²) in [5.74, 6) is -1.37. The molecule has 0 aromatic rings. The van der Waals surface area contributed by atoms with E-state index in [4.69, 9.17) is 14.2 Å². The van der Waals surface area contributed by atoms with Crippen molar-refractivity contribution in [3.05, 3.63) is 0 Å². The summed E-state index contributed by atoms with van der Waals surface area (Å²) < 4.78 is 16.1. The van der Waals surface area contributed by atoms with Crippen molar-refractivity contribution in [2.75, 3.05) is 26.0 Å². The summed E-state index contributed by atoms with van der Waals surface area (Å²) in [7, 11) is 1.31. The molecule has 3 amide bonds. The molecule has 0 bridgehead atoms. The molecule has 1 fully saturated rings. The lowest BCUT2D eigenvalue weighted by molar-refractivity contribution is -0.182. The molecule has 1 heterocycles. The van der Waals surface area contributed by atoms with Gasteiger partial charge in [0.25, 0.3) is 0 Å². The zero-order chi connectivity index (χ0) is 26.4. The zero-order valence-corrected chi connectivity index (χ0v) is 21.5. The molecule has 2 unspecified atom stereocenters. The van der Waals surface area contributed by atoms with Crippen molar-refractivity contribution < 1.29 is 43.3 Å². The van der Waals surface area contributed by atoms with E-state index in [1.54, 1.807) is 13.8 Å². The van der Waals surface area contributed by atoms with Crippen molar-refractivity contribution in [2.24, 2.45) is 4.99 Å². The van der Waals surface area contributed by atoms with Crippen LogP contribution in [0.15, 0.2) is 4.99 Å². The van der Waals surface area contributed by atoms with Crippen LogP contribution < -0.4 is 0 Å². The van der Waals surface area contributed by atoms with Gasteiger partial charge in [-0.25, -0.2) is 4.90 Å². The second kappa shape index (κ2) is 16.6. The zero-order valence-electron chi connectivity index (χ0n) is 20.7. The van der Waals surface area contributed by atoms with Crippen LogP contribution in [0.3, 0.4) is 0 Å². The molecule has 1 aliphatic rings. The Bertz CT molecular complexity index is 759. The Morgan fingerprint density at radius 3 is 2.54 bits per heavy atom. The molecule has 0 aromatic carbocycles. The lowest BCUT2D eigenvalue weighted by Gasteiger charge is -2.25.